The van der Waals surface area contributed by atoms with Gasteiger partial charge in [-0.1, -0.05) is 158 Å². The van der Waals surface area contributed by atoms with Crippen LogP contribution in [0.4, 0.5) is 0 Å². The van der Waals surface area contributed by atoms with Crippen LogP contribution in [0.5, 0.6) is 0 Å². The van der Waals surface area contributed by atoms with Crippen LogP contribution in [0, 0.1) is 0 Å². The fourth-order valence-corrected chi connectivity index (χ4v) is 8.70. The number of fused-ring (bicyclic) bond motifs is 10. The van der Waals surface area contributed by atoms with Crippen molar-refractivity contribution in [2.75, 3.05) is 0 Å². The predicted molar refractivity (Wildman–Crippen MR) is 223 cm³/mol. The van der Waals surface area contributed by atoms with E-state index in [-0.39, 0.29) is 0 Å². The predicted octanol–water partition coefficient (Wildman–Crippen LogP) is 11.9. The number of benzene rings is 7. The molecule has 55 heavy (non-hydrogen) atoms. The Morgan fingerprint density at radius 2 is 0.945 bits per heavy atom. The molecule has 0 bridgehead atoms. The maximum atomic E-state index is 5.25. The quantitative estimate of drug-likeness (QED) is 0.183. The van der Waals surface area contributed by atoms with Crippen molar-refractivity contribution < 1.29 is 0 Å². The smallest absolute Gasteiger partial charge is 0.163 e. The molecule has 11 rings (SSSR count). The number of hydrogen-bond acceptors (Lipinski definition) is 4. The monoisotopic (exact) mass is 700 g/mol. The van der Waals surface area contributed by atoms with Crippen molar-refractivity contribution in [3.8, 4) is 56.4 Å². The SMILES string of the molecule is C1=Cc2ccc(-c3cc(-c4ccccc4)nc(-c4cnc(-c5ccccc5)nc4)n3)cc2C2(c3ccccc31)c1ccccc1-c1cc3ccccc3cc12. The molecule has 0 saturated carbocycles. The van der Waals surface area contributed by atoms with Crippen molar-refractivity contribution in [2.24, 2.45) is 0 Å². The summed E-state index contributed by atoms with van der Waals surface area (Å²) in [5.41, 5.74) is 14.9. The molecule has 2 heterocycles. The number of aromatic nitrogens is 4. The summed E-state index contributed by atoms with van der Waals surface area (Å²) in [4.78, 5) is 19.8. The van der Waals surface area contributed by atoms with E-state index in [0.29, 0.717) is 11.6 Å². The summed E-state index contributed by atoms with van der Waals surface area (Å²) in [6.45, 7) is 0. The number of rotatable bonds is 4. The van der Waals surface area contributed by atoms with Gasteiger partial charge < -0.3 is 0 Å². The fraction of sp³-hybridized carbons (Fsp3) is 0.0196. The molecule has 2 aliphatic carbocycles. The highest BCUT2D eigenvalue weighted by atomic mass is 14.9. The Bertz CT molecular complexity index is 2970. The lowest BCUT2D eigenvalue weighted by Crippen LogP contribution is -2.30. The van der Waals surface area contributed by atoms with Gasteiger partial charge in [0.15, 0.2) is 11.6 Å². The van der Waals surface area contributed by atoms with E-state index < -0.39 is 5.41 Å². The lowest BCUT2D eigenvalue weighted by Gasteiger charge is -2.35. The van der Waals surface area contributed by atoms with Gasteiger partial charge >= 0.3 is 0 Å². The average molecular weight is 701 g/mol. The van der Waals surface area contributed by atoms with Gasteiger partial charge in [0, 0.05) is 29.1 Å². The van der Waals surface area contributed by atoms with E-state index in [1.165, 1.54) is 55.3 Å². The third kappa shape index (κ3) is 4.92. The maximum absolute atomic E-state index is 5.25. The van der Waals surface area contributed by atoms with E-state index in [1.54, 1.807) is 0 Å². The second kappa shape index (κ2) is 12.4. The van der Waals surface area contributed by atoms with E-state index in [9.17, 15) is 0 Å². The van der Waals surface area contributed by atoms with Gasteiger partial charge in [-0.05, 0) is 79.5 Å². The first-order valence-electron chi connectivity index (χ1n) is 18.6. The van der Waals surface area contributed by atoms with Gasteiger partial charge in [-0.3, -0.25) is 0 Å². The first-order valence-corrected chi connectivity index (χ1v) is 18.6. The van der Waals surface area contributed by atoms with Crippen LogP contribution in [0.15, 0.2) is 182 Å². The van der Waals surface area contributed by atoms with E-state index >= 15 is 0 Å². The topological polar surface area (TPSA) is 51.6 Å². The molecule has 1 atom stereocenters. The Kier molecular flexibility index (Phi) is 7.04. The lowest BCUT2D eigenvalue weighted by atomic mass is 9.65. The molecule has 4 heteroatoms. The summed E-state index contributed by atoms with van der Waals surface area (Å²) in [7, 11) is 0. The van der Waals surface area contributed by atoms with Gasteiger partial charge in [0.1, 0.15) is 0 Å². The number of nitrogens with zero attached hydrogens (tertiary/aromatic N) is 4. The second-order valence-corrected chi connectivity index (χ2v) is 14.3. The molecule has 0 N–H and O–H groups in total. The Morgan fingerprint density at radius 1 is 0.345 bits per heavy atom. The summed E-state index contributed by atoms with van der Waals surface area (Å²) >= 11 is 0. The minimum Gasteiger partial charge on any atom is -0.236 e. The molecule has 2 aliphatic rings. The van der Waals surface area contributed by atoms with Crippen LogP contribution in [-0.2, 0) is 5.41 Å². The van der Waals surface area contributed by atoms with Crippen LogP contribution in [0.25, 0.3) is 79.3 Å². The van der Waals surface area contributed by atoms with Crippen LogP contribution < -0.4 is 0 Å². The molecule has 0 saturated heterocycles. The van der Waals surface area contributed by atoms with Crippen LogP contribution in [0.2, 0.25) is 0 Å². The maximum Gasteiger partial charge on any atom is 0.163 e. The minimum absolute atomic E-state index is 0.569. The van der Waals surface area contributed by atoms with Crippen molar-refractivity contribution in [3.05, 3.63) is 216 Å². The molecule has 7 aromatic carbocycles. The van der Waals surface area contributed by atoms with E-state index in [4.69, 9.17) is 19.9 Å². The van der Waals surface area contributed by atoms with Crippen molar-refractivity contribution in [2.45, 2.75) is 5.41 Å². The third-order valence-corrected chi connectivity index (χ3v) is 11.2. The van der Waals surface area contributed by atoms with Gasteiger partial charge in [0.05, 0.1) is 22.4 Å². The van der Waals surface area contributed by atoms with Crippen LogP contribution in [0.1, 0.15) is 33.4 Å². The molecular weight excluding hydrogens is 669 g/mol. The summed E-state index contributed by atoms with van der Waals surface area (Å²) in [6, 6.07) is 60.6. The zero-order valence-corrected chi connectivity index (χ0v) is 29.8. The van der Waals surface area contributed by atoms with Gasteiger partial charge in [0.2, 0.25) is 0 Å². The summed E-state index contributed by atoms with van der Waals surface area (Å²) < 4.78 is 0. The molecule has 256 valence electrons. The zero-order chi connectivity index (χ0) is 36.3. The van der Waals surface area contributed by atoms with Crippen LogP contribution in [-0.4, -0.2) is 19.9 Å². The van der Waals surface area contributed by atoms with E-state index in [2.05, 4.69) is 133 Å². The van der Waals surface area contributed by atoms with Crippen molar-refractivity contribution in [1.29, 1.82) is 0 Å². The summed E-state index contributed by atoms with van der Waals surface area (Å²) in [5, 5.41) is 2.47. The Hall–Kier alpha value is -7.30. The molecule has 2 aromatic heterocycles. The molecule has 4 nitrogen and oxygen atoms in total. The van der Waals surface area contributed by atoms with E-state index in [1.807, 2.05) is 60.9 Å². The largest absolute Gasteiger partial charge is 0.236 e. The molecule has 0 amide bonds. The third-order valence-electron chi connectivity index (χ3n) is 11.2. The molecule has 1 unspecified atom stereocenters. The first-order chi connectivity index (χ1) is 27.2. The zero-order valence-electron chi connectivity index (χ0n) is 29.8. The lowest BCUT2D eigenvalue weighted by molar-refractivity contribution is 0.767. The standard InChI is InChI=1S/C51H32N4/c1-3-14-35(15-4-1)47-30-48(55-50(54-47)40-31-52-49(53-32-40)36-16-5-2-6-17-36)39-26-25-34-24-23-33-13-9-11-21-43(33)51(45(34)29-39)44-22-12-10-20-41(44)42-27-37-18-7-8-19-38(37)28-46(42)51/h1-32H. The Balaban J connectivity index is 1.16. The van der Waals surface area contributed by atoms with Crippen LogP contribution in [0.3, 0.4) is 0 Å². The van der Waals surface area contributed by atoms with E-state index in [0.717, 1.165) is 33.6 Å². The highest BCUT2D eigenvalue weighted by molar-refractivity contribution is 5.98. The average Bonchev–Trinajstić information content (AvgIpc) is 3.45. The highest BCUT2D eigenvalue weighted by Gasteiger charge is 2.48. The second-order valence-electron chi connectivity index (χ2n) is 14.3. The molecular formula is C51H32N4. The molecule has 1 spiro atoms. The number of hydrogen-bond donors (Lipinski definition) is 0. The fourth-order valence-electron chi connectivity index (χ4n) is 8.70. The normalized spacial score (nSPS) is 14.9. The summed E-state index contributed by atoms with van der Waals surface area (Å²) in [6.07, 6.45) is 8.21. The van der Waals surface area contributed by atoms with Gasteiger partial charge in [-0.15, -0.1) is 0 Å². The Labute approximate surface area is 319 Å². The highest BCUT2D eigenvalue weighted by Crippen LogP contribution is 2.59. The molecule has 0 aliphatic heterocycles. The van der Waals surface area contributed by atoms with Crippen LogP contribution >= 0.6 is 0 Å². The van der Waals surface area contributed by atoms with Gasteiger partial charge in [0.25, 0.3) is 0 Å². The Morgan fingerprint density at radius 3 is 1.71 bits per heavy atom. The first kappa shape index (κ1) is 31.2. The molecule has 0 fully saturated rings. The molecule has 9 aromatic rings. The van der Waals surface area contributed by atoms with Crippen molar-refractivity contribution in [3.63, 3.8) is 0 Å². The van der Waals surface area contributed by atoms with Crippen molar-refractivity contribution >= 4 is 22.9 Å². The summed E-state index contributed by atoms with van der Waals surface area (Å²) in [5.74, 6) is 1.24. The van der Waals surface area contributed by atoms with Gasteiger partial charge in [-0.2, -0.15) is 0 Å². The van der Waals surface area contributed by atoms with Crippen molar-refractivity contribution in [1.82, 2.24) is 19.9 Å². The minimum atomic E-state index is -0.569. The van der Waals surface area contributed by atoms with Gasteiger partial charge in [-0.25, -0.2) is 19.9 Å². The molecule has 0 radical (unpaired) electrons.